The van der Waals surface area contributed by atoms with Gasteiger partial charge >= 0.3 is 0 Å². The lowest BCUT2D eigenvalue weighted by molar-refractivity contribution is 0.0733. The molecular weight excluding hydrogens is 388 g/mol. The van der Waals surface area contributed by atoms with Gasteiger partial charge in [-0.3, -0.25) is 4.79 Å². The van der Waals surface area contributed by atoms with E-state index in [1.165, 1.54) is 5.56 Å². The molecule has 1 aliphatic rings. The normalized spacial score (nSPS) is 14.2. The summed E-state index contributed by atoms with van der Waals surface area (Å²) >= 11 is 0. The summed E-state index contributed by atoms with van der Waals surface area (Å²) in [7, 11) is 0. The fraction of sp³-hybridized carbons (Fsp3) is 0.208. The molecule has 4 rings (SSSR count). The number of hydrogen-bond acceptors (Lipinski definition) is 3. The van der Waals surface area contributed by atoms with Crippen molar-refractivity contribution >= 4 is 5.91 Å². The molecule has 154 valence electrons. The van der Waals surface area contributed by atoms with Gasteiger partial charge in [0.25, 0.3) is 5.91 Å². The molecule has 0 bridgehead atoms. The summed E-state index contributed by atoms with van der Waals surface area (Å²) in [4.78, 5) is 14.7. The predicted octanol–water partition coefficient (Wildman–Crippen LogP) is 4.28. The van der Waals surface area contributed by atoms with Crippen LogP contribution in [0.15, 0.2) is 66.7 Å². The van der Waals surface area contributed by atoms with Crippen LogP contribution < -0.4 is 4.74 Å². The molecule has 1 heterocycles. The zero-order valence-electron chi connectivity index (χ0n) is 16.2. The quantitative estimate of drug-likeness (QED) is 0.685. The molecule has 1 N–H and O–H groups in total. The van der Waals surface area contributed by atoms with E-state index in [1.807, 2.05) is 18.2 Å². The molecule has 1 aliphatic heterocycles. The van der Waals surface area contributed by atoms with Crippen LogP contribution in [0.5, 0.6) is 5.75 Å². The molecule has 30 heavy (non-hydrogen) atoms. The van der Waals surface area contributed by atoms with Crippen molar-refractivity contribution in [1.29, 1.82) is 0 Å². The Morgan fingerprint density at radius 3 is 2.67 bits per heavy atom. The van der Waals surface area contributed by atoms with E-state index in [0.29, 0.717) is 24.4 Å². The van der Waals surface area contributed by atoms with Crippen LogP contribution in [-0.2, 0) is 13.0 Å². The average Bonchev–Trinajstić information content (AvgIpc) is 2.78. The van der Waals surface area contributed by atoms with Gasteiger partial charge in [-0.2, -0.15) is 0 Å². The number of carbonyl (C=O) groups is 1. The monoisotopic (exact) mass is 409 g/mol. The molecule has 3 aromatic carbocycles. The number of amides is 1. The molecule has 3 aromatic rings. The third kappa shape index (κ3) is 4.33. The summed E-state index contributed by atoms with van der Waals surface area (Å²) in [6.07, 6.45) is -0.526. The number of nitrogens with zero attached hydrogens (tertiary/aromatic N) is 1. The Morgan fingerprint density at radius 1 is 1.03 bits per heavy atom. The van der Waals surface area contributed by atoms with E-state index in [-0.39, 0.29) is 18.1 Å². The van der Waals surface area contributed by atoms with E-state index in [9.17, 15) is 18.7 Å². The van der Waals surface area contributed by atoms with Crippen LogP contribution in [0.2, 0.25) is 0 Å². The second kappa shape index (κ2) is 8.63. The first-order valence-electron chi connectivity index (χ1n) is 9.73. The molecule has 6 heteroatoms. The molecule has 1 atom stereocenters. The van der Waals surface area contributed by atoms with E-state index >= 15 is 0 Å². The highest BCUT2D eigenvalue weighted by Gasteiger charge is 2.22. The number of rotatable bonds is 5. The van der Waals surface area contributed by atoms with Crippen molar-refractivity contribution in [3.8, 4) is 5.75 Å². The Hall–Kier alpha value is -3.25. The van der Waals surface area contributed by atoms with Crippen molar-refractivity contribution in [3.05, 3.63) is 101 Å². The van der Waals surface area contributed by atoms with Crippen LogP contribution in [0.3, 0.4) is 0 Å². The first kappa shape index (κ1) is 20.0. The van der Waals surface area contributed by atoms with Gasteiger partial charge in [-0.25, -0.2) is 8.78 Å². The summed E-state index contributed by atoms with van der Waals surface area (Å²) in [5.74, 6) is -1.08. The van der Waals surface area contributed by atoms with Crippen molar-refractivity contribution in [2.45, 2.75) is 19.1 Å². The minimum Gasteiger partial charge on any atom is -0.491 e. The van der Waals surface area contributed by atoms with Gasteiger partial charge in [0.15, 0.2) is 0 Å². The third-order valence-electron chi connectivity index (χ3n) is 5.22. The molecule has 0 radical (unpaired) electrons. The highest BCUT2D eigenvalue weighted by atomic mass is 19.1. The number of aliphatic hydroxyl groups is 1. The molecule has 4 nitrogen and oxygen atoms in total. The number of aliphatic hydroxyl groups excluding tert-OH is 1. The van der Waals surface area contributed by atoms with Crippen LogP contribution in [0.25, 0.3) is 0 Å². The van der Waals surface area contributed by atoms with Gasteiger partial charge < -0.3 is 14.7 Å². The Morgan fingerprint density at radius 2 is 1.83 bits per heavy atom. The fourth-order valence-electron chi connectivity index (χ4n) is 3.61. The lowest BCUT2D eigenvalue weighted by Crippen LogP contribution is -2.35. The summed E-state index contributed by atoms with van der Waals surface area (Å²) in [5.41, 5.74) is 2.70. The van der Waals surface area contributed by atoms with Gasteiger partial charge in [-0.1, -0.05) is 30.3 Å². The van der Waals surface area contributed by atoms with Crippen molar-refractivity contribution in [2.24, 2.45) is 0 Å². The Labute approximate surface area is 173 Å². The van der Waals surface area contributed by atoms with Gasteiger partial charge in [0, 0.05) is 24.2 Å². The zero-order chi connectivity index (χ0) is 21.1. The van der Waals surface area contributed by atoms with Crippen LogP contribution in [-0.4, -0.2) is 29.1 Å². The second-order valence-corrected chi connectivity index (χ2v) is 7.27. The average molecular weight is 409 g/mol. The number of hydrogen-bond donors (Lipinski definition) is 1. The smallest absolute Gasteiger partial charge is 0.254 e. The standard InChI is InChI=1S/C24H21F2NO3/c25-19-8-9-22(26)21(13-19)23(28)15-30-20-7-3-6-17(12-20)24(29)27-11-10-16-4-1-2-5-18(16)14-27/h1-9,12-13,23,28H,10-11,14-15H2. The van der Waals surface area contributed by atoms with Gasteiger partial charge in [0.1, 0.15) is 30.1 Å². The van der Waals surface area contributed by atoms with Crippen LogP contribution in [0.1, 0.15) is 33.2 Å². The first-order valence-corrected chi connectivity index (χ1v) is 9.73. The number of fused-ring (bicyclic) bond motifs is 1. The fourth-order valence-corrected chi connectivity index (χ4v) is 3.61. The highest BCUT2D eigenvalue weighted by molar-refractivity contribution is 5.94. The third-order valence-corrected chi connectivity index (χ3v) is 5.22. The lowest BCUT2D eigenvalue weighted by Gasteiger charge is -2.29. The van der Waals surface area contributed by atoms with E-state index in [0.717, 1.165) is 30.2 Å². The summed E-state index contributed by atoms with van der Waals surface area (Å²) in [5, 5.41) is 10.2. The minimum absolute atomic E-state index is 0.105. The van der Waals surface area contributed by atoms with Crippen LogP contribution in [0, 0.1) is 11.6 Å². The minimum atomic E-state index is -1.33. The largest absolute Gasteiger partial charge is 0.491 e. The predicted molar refractivity (Wildman–Crippen MR) is 108 cm³/mol. The summed E-state index contributed by atoms with van der Waals surface area (Å²) in [6.45, 7) is 0.922. The SMILES string of the molecule is O=C(c1cccc(OCC(O)c2cc(F)ccc2F)c1)N1CCc2ccccc2C1. The Bertz CT molecular complexity index is 1070. The van der Waals surface area contributed by atoms with E-state index in [2.05, 4.69) is 6.07 Å². The molecule has 0 aliphatic carbocycles. The molecule has 0 saturated heterocycles. The molecule has 0 fully saturated rings. The maximum atomic E-state index is 13.8. The van der Waals surface area contributed by atoms with E-state index in [4.69, 9.17) is 4.74 Å². The maximum Gasteiger partial charge on any atom is 0.254 e. The molecule has 1 unspecified atom stereocenters. The highest BCUT2D eigenvalue weighted by Crippen LogP contribution is 2.23. The number of ether oxygens (including phenoxy) is 1. The second-order valence-electron chi connectivity index (χ2n) is 7.27. The van der Waals surface area contributed by atoms with Gasteiger partial charge in [-0.15, -0.1) is 0 Å². The maximum absolute atomic E-state index is 13.8. The molecule has 0 spiro atoms. The Balaban J connectivity index is 1.43. The topological polar surface area (TPSA) is 49.8 Å². The summed E-state index contributed by atoms with van der Waals surface area (Å²) < 4.78 is 32.7. The van der Waals surface area contributed by atoms with Crippen molar-refractivity contribution in [3.63, 3.8) is 0 Å². The van der Waals surface area contributed by atoms with Crippen molar-refractivity contribution in [2.75, 3.05) is 13.2 Å². The summed E-state index contributed by atoms with van der Waals surface area (Å²) in [6, 6.07) is 17.6. The van der Waals surface area contributed by atoms with Gasteiger partial charge in [0.05, 0.1) is 0 Å². The molecule has 0 saturated carbocycles. The molecule has 1 amide bonds. The number of halogens is 2. The zero-order valence-corrected chi connectivity index (χ0v) is 16.2. The van der Waals surface area contributed by atoms with E-state index in [1.54, 1.807) is 29.2 Å². The van der Waals surface area contributed by atoms with Crippen molar-refractivity contribution in [1.82, 2.24) is 4.90 Å². The number of carbonyl (C=O) groups excluding carboxylic acids is 1. The number of benzene rings is 3. The molecular formula is C24H21F2NO3. The Kier molecular flexibility index (Phi) is 5.77. The molecule has 0 aromatic heterocycles. The van der Waals surface area contributed by atoms with Gasteiger partial charge in [0.2, 0.25) is 0 Å². The van der Waals surface area contributed by atoms with Crippen LogP contribution in [0.4, 0.5) is 8.78 Å². The first-order chi connectivity index (χ1) is 14.5. The van der Waals surface area contributed by atoms with E-state index < -0.39 is 17.7 Å². The van der Waals surface area contributed by atoms with Crippen molar-refractivity contribution < 1.29 is 23.4 Å². The van der Waals surface area contributed by atoms with Gasteiger partial charge in [-0.05, 0) is 53.9 Å². The van der Waals surface area contributed by atoms with Crippen LogP contribution >= 0.6 is 0 Å². The lowest BCUT2D eigenvalue weighted by atomic mass is 9.99.